The Morgan fingerprint density at radius 1 is 0.362 bits per heavy atom. The van der Waals surface area contributed by atoms with Crippen molar-refractivity contribution in [3.05, 3.63) is 0 Å². The van der Waals surface area contributed by atoms with Crippen LogP contribution in [-0.2, 0) is 28.6 Å². The summed E-state index contributed by atoms with van der Waals surface area (Å²) < 4.78 is 16.8. The number of carbonyl (C=O) groups is 3. The highest BCUT2D eigenvalue weighted by Gasteiger charge is 2.19. The van der Waals surface area contributed by atoms with E-state index in [1.54, 1.807) is 0 Å². The minimum Gasteiger partial charge on any atom is -0.462 e. The molecule has 2 atom stereocenters. The summed E-state index contributed by atoms with van der Waals surface area (Å²) in [5.74, 6) is 0.774. The Kier molecular flexibility index (Phi) is 43.7. The third kappa shape index (κ3) is 44.0. The van der Waals surface area contributed by atoms with E-state index < -0.39 is 6.10 Å². The molecule has 0 N–H and O–H groups in total. The normalized spacial score (nSPS) is 12.5. The second-order valence-corrected chi connectivity index (χ2v) is 18.5. The van der Waals surface area contributed by atoms with E-state index >= 15 is 0 Å². The second-order valence-electron chi connectivity index (χ2n) is 18.5. The molecular formula is C52H100O6. The number of unbranched alkanes of at least 4 members (excludes halogenated alkanes) is 30. The van der Waals surface area contributed by atoms with Crippen molar-refractivity contribution in [1.82, 2.24) is 0 Å². The molecule has 344 valence electrons. The summed E-state index contributed by atoms with van der Waals surface area (Å²) in [6.45, 7) is 11.3. The molecule has 0 aromatic rings. The van der Waals surface area contributed by atoms with Gasteiger partial charge >= 0.3 is 17.9 Å². The quantitative estimate of drug-likeness (QED) is 0.0346. The molecule has 0 saturated heterocycles. The topological polar surface area (TPSA) is 78.9 Å². The van der Waals surface area contributed by atoms with Gasteiger partial charge in [-0.1, -0.05) is 247 Å². The van der Waals surface area contributed by atoms with Gasteiger partial charge in [0.1, 0.15) is 13.2 Å². The lowest BCUT2D eigenvalue weighted by Gasteiger charge is -2.18. The summed E-state index contributed by atoms with van der Waals surface area (Å²) in [6, 6.07) is 0. The Labute approximate surface area is 361 Å². The number of hydrogen-bond acceptors (Lipinski definition) is 6. The summed E-state index contributed by atoms with van der Waals surface area (Å²) in [5, 5.41) is 0. The molecule has 0 saturated carbocycles. The van der Waals surface area contributed by atoms with Crippen LogP contribution in [0.4, 0.5) is 0 Å². The Hall–Kier alpha value is -1.59. The first kappa shape index (κ1) is 56.4. The van der Waals surface area contributed by atoms with Crippen molar-refractivity contribution >= 4 is 17.9 Å². The third-order valence-corrected chi connectivity index (χ3v) is 12.1. The molecule has 0 aliphatic rings. The summed E-state index contributed by atoms with van der Waals surface area (Å²) in [7, 11) is 0. The van der Waals surface area contributed by atoms with Gasteiger partial charge in [-0.15, -0.1) is 0 Å². The van der Waals surface area contributed by atoms with Gasteiger partial charge in [0.15, 0.2) is 6.10 Å². The van der Waals surface area contributed by atoms with Crippen molar-refractivity contribution in [2.75, 3.05) is 13.2 Å². The maximum atomic E-state index is 12.7. The zero-order chi connectivity index (χ0) is 42.6. The summed E-state index contributed by atoms with van der Waals surface area (Å²) >= 11 is 0. The van der Waals surface area contributed by atoms with Crippen LogP contribution in [0.1, 0.15) is 285 Å². The van der Waals surface area contributed by atoms with Crippen LogP contribution in [0.5, 0.6) is 0 Å². The highest BCUT2D eigenvalue weighted by atomic mass is 16.6. The van der Waals surface area contributed by atoms with Gasteiger partial charge in [0.2, 0.25) is 0 Å². The second kappa shape index (κ2) is 44.9. The molecule has 0 rings (SSSR count). The number of ether oxygens (including phenoxy) is 3. The zero-order valence-corrected chi connectivity index (χ0v) is 39.7. The lowest BCUT2D eigenvalue weighted by atomic mass is 9.99. The molecular weight excluding hydrogens is 721 g/mol. The van der Waals surface area contributed by atoms with Crippen LogP contribution in [0.25, 0.3) is 0 Å². The van der Waals surface area contributed by atoms with Crippen LogP contribution in [-0.4, -0.2) is 37.2 Å². The zero-order valence-electron chi connectivity index (χ0n) is 39.7. The Morgan fingerprint density at radius 2 is 0.655 bits per heavy atom. The predicted octanol–water partition coefficient (Wildman–Crippen LogP) is 16.5. The predicted molar refractivity (Wildman–Crippen MR) is 247 cm³/mol. The fourth-order valence-corrected chi connectivity index (χ4v) is 7.78. The molecule has 0 aromatic carbocycles. The van der Waals surface area contributed by atoms with Gasteiger partial charge in [0.05, 0.1) is 0 Å². The maximum Gasteiger partial charge on any atom is 0.306 e. The summed E-state index contributed by atoms with van der Waals surface area (Å²) in [5.41, 5.74) is 0. The summed E-state index contributed by atoms with van der Waals surface area (Å²) in [6.07, 6.45) is 45.3. The van der Waals surface area contributed by atoms with Gasteiger partial charge in [-0.25, -0.2) is 0 Å². The van der Waals surface area contributed by atoms with Crippen molar-refractivity contribution in [1.29, 1.82) is 0 Å². The molecule has 0 aromatic heterocycles. The maximum absolute atomic E-state index is 12.7. The molecule has 1 unspecified atom stereocenters. The van der Waals surface area contributed by atoms with Gasteiger partial charge in [-0.05, 0) is 31.1 Å². The SMILES string of the molecule is CCCCCCCCCCCCCCCCCCCC(=O)OC[C@H](COC(=O)CCCCCCCCCCCCC(C)CC)OC(=O)CCCCCCCCC(C)C. The van der Waals surface area contributed by atoms with E-state index in [1.165, 1.54) is 173 Å². The average molecular weight is 821 g/mol. The van der Waals surface area contributed by atoms with E-state index in [2.05, 4.69) is 34.6 Å². The average Bonchev–Trinajstić information content (AvgIpc) is 3.21. The molecule has 6 nitrogen and oxygen atoms in total. The number of rotatable bonds is 46. The third-order valence-electron chi connectivity index (χ3n) is 12.1. The van der Waals surface area contributed by atoms with Crippen LogP contribution in [0.15, 0.2) is 0 Å². The molecule has 0 fully saturated rings. The fraction of sp³-hybridized carbons (Fsp3) is 0.942. The van der Waals surface area contributed by atoms with E-state index in [9.17, 15) is 14.4 Å². The van der Waals surface area contributed by atoms with Gasteiger partial charge in [-0.2, -0.15) is 0 Å². The monoisotopic (exact) mass is 821 g/mol. The molecule has 58 heavy (non-hydrogen) atoms. The first-order chi connectivity index (χ1) is 28.3. The smallest absolute Gasteiger partial charge is 0.306 e. The molecule has 0 heterocycles. The molecule has 0 radical (unpaired) electrons. The Balaban J connectivity index is 4.24. The molecule has 0 aliphatic heterocycles. The molecule has 0 bridgehead atoms. The molecule has 6 heteroatoms. The van der Waals surface area contributed by atoms with Gasteiger partial charge in [0, 0.05) is 19.3 Å². The van der Waals surface area contributed by atoms with Gasteiger partial charge < -0.3 is 14.2 Å². The largest absolute Gasteiger partial charge is 0.462 e. The van der Waals surface area contributed by atoms with Gasteiger partial charge in [0.25, 0.3) is 0 Å². The number of esters is 3. The van der Waals surface area contributed by atoms with Crippen LogP contribution in [0.3, 0.4) is 0 Å². The lowest BCUT2D eigenvalue weighted by Crippen LogP contribution is -2.30. The van der Waals surface area contributed by atoms with Crippen LogP contribution >= 0.6 is 0 Å². The summed E-state index contributed by atoms with van der Waals surface area (Å²) in [4.78, 5) is 37.9. The minimum absolute atomic E-state index is 0.0650. The first-order valence-corrected chi connectivity index (χ1v) is 25.8. The standard InChI is InChI=1S/C52H100O6/c1-6-8-9-10-11-12-13-14-15-16-17-18-19-23-26-32-37-42-50(53)56-45-49(58-52(55)44-39-34-29-28-30-35-40-47(3)4)46-57-51(54)43-38-33-27-24-21-20-22-25-31-36-41-48(5)7-2/h47-49H,6-46H2,1-5H3/t48?,49-/m1/s1. The van der Waals surface area contributed by atoms with Crippen molar-refractivity contribution in [2.24, 2.45) is 11.8 Å². The highest BCUT2D eigenvalue weighted by molar-refractivity contribution is 5.71. The number of carbonyl (C=O) groups excluding carboxylic acids is 3. The van der Waals surface area contributed by atoms with Crippen LogP contribution < -0.4 is 0 Å². The van der Waals surface area contributed by atoms with Crippen molar-refractivity contribution < 1.29 is 28.6 Å². The van der Waals surface area contributed by atoms with E-state index in [1.807, 2.05) is 0 Å². The lowest BCUT2D eigenvalue weighted by molar-refractivity contribution is -0.167. The van der Waals surface area contributed by atoms with Crippen LogP contribution in [0, 0.1) is 11.8 Å². The highest BCUT2D eigenvalue weighted by Crippen LogP contribution is 2.18. The van der Waals surface area contributed by atoms with Crippen LogP contribution in [0.2, 0.25) is 0 Å². The minimum atomic E-state index is -0.762. The number of hydrogen-bond donors (Lipinski definition) is 0. The van der Waals surface area contributed by atoms with E-state index in [0.717, 1.165) is 69.6 Å². The Bertz CT molecular complexity index is 887. The van der Waals surface area contributed by atoms with Crippen molar-refractivity contribution in [3.63, 3.8) is 0 Å². The van der Waals surface area contributed by atoms with E-state index in [4.69, 9.17) is 14.2 Å². The molecule has 0 spiro atoms. The van der Waals surface area contributed by atoms with Crippen molar-refractivity contribution in [3.8, 4) is 0 Å². The molecule has 0 aliphatic carbocycles. The molecule has 0 amide bonds. The van der Waals surface area contributed by atoms with E-state index in [-0.39, 0.29) is 31.1 Å². The van der Waals surface area contributed by atoms with E-state index in [0.29, 0.717) is 19.3 Å². The Morgan fingerprint density at radius 3 is 0.983 bits per heavy atom. The first-order valence-electron chi connectivity index (χ1n) is 25.8. The van der Waals surface area contributed by atoms with Crippen molar-refractivity contribution in [2.45, 2.75) is 291 Å². The fourth-order valence-electron chi connectivity index (χ4n) is 7.78. The van der Waals surface area contributed by atoms with Gasteiger partial charge in [-0.3, -0.25) is 14.4 Å².